The number of Topliss-reactive ketones (excluding diaryl/α,β-unsaturated/α-hetero) is 1. The van der Waals surface area contributed by atoms with E-state index < -0.39 is 9.84 Å². The molecule has 0 amide bonds. The normalized spacial score (nSPS) is 11.4. The molecular formula is C13H13NO3S. The standard InChI is InChI=1S/C13H13NO3S/c1-9-3-5-11(6-4-9)18(16,17)13-8-7-12(14-13)10(2)15/h3-8,14H,1-2H3. The molecule has 0 radical (unpaired) electrons. The van der Waals surface area contributed by atoms with Crippen LogP contribution < -0.4 is 0 Å². The number of sulfone groups is 1. The number of H-pyrrole nitrogens is 1. The molecule has 0 atom stereocenters. The Morgan fingerprint density at radius 1 is 1.06 bits per heavy atom. The highest BCUT2D eigenvalue weighted by molar-refractivity contribution is 7.91. The number of aryl methyl sites for hydroxylation is 1. The predicted octanol–water partition coefficient (Wildman–Crippen LogP) is 2.36. The van der Waals surface area contributed by atoms with Crippen molar-refractivity contribution in [3.05, 3.63) is 47.7 Å². The highest BCUT2D eigenvalue weighted by Crippen LogP contribution is 2.20. The van der Waals surface area contributed by atoms with E-state index in [-0.39, 0.29) is 15.7 Å². The van der Waals surface area contributed by atoms with Gasteiger partial charge in [-0.2, -0.15) is 0 Å². The van der Waals surface area contributed by atoms with Crippen LogP contribution >= 0.6 is 0 Å². The molecule has 0 unspecified atom stereocenters. The van der Waals surface area contributed by atoms with Crippen LogP contribution in [-0.2, 0) is 9.84 Å². The van der Waals surface area contributed by atoms with Crippen LogP contribution in [0.25, 0.3) is 0 Å². The molecule has 1 N–H and O–H groups in total. The van der Waals surface area contributed by atoms with Crippen molar-refractivity contribution in [1.82, 2.24) is 4.98 Å². The first-order valence-corrected chi connectivity index (χ1v) is 6.91. The lowest BCUT2D eigenvalue weighted by Crippen LogP contribution is -2.03. The summed E-state index contributed by atoms with van der Waals surface area (Å²) in [4.78, 5) is 14.0. The molecule has 0 saturated carbocycles. The average molecular weight is 263 g/mol. The largest absolute Gasteiger partial charge is 0.343 e. The van der Waals surface area contributed by atoms with Gasteiger partial charge in [-0.05, 0) is 31.2 Å². The molecule has 0 spiro atoms. The average Bonchev–Trinajstić information content (AvgIpc) is 2.79. The van der Waals surface area contributed by atoms with Crippen molar-refractivity contribution in [2.45, 2.75) is 23.8 Å². The summed E-state index contributed by atoms with van der Waals surface area (Å²) < 4.78 is 24.5. The molecule has 4 nitrogen and oxygen atoms in total. The van der Waals surface area contributed by atoms with Crippen LogP contribution in [0.3, 0.4) is 0 Å². The number of hydrogen-bond donors (Lipinski definition) is 1. The number of rotatable bonds is 3. The molecule has 0 bridgehead atoms. The lowest BCUT2D eigenvalue weighted by atomic mass is 10.2. The summed E-state index contributed by atoms with van der Waals surface area (Å²) in [6, 6.07) is 9.47. The molecule has 0 aliphatic carbocycles. The molecule has 0 saturated heterocycles. The van der Waals surface area contributed by atoms with Gasteiger partial charge in [0.2, 0.25) is 9.84 Å². The van der Waals surface area contributed by atoms with Gasteiger partial charge in [0.05, 0.1) is 10.6 Å². The van der Waals surface area contributed by atoms with E-state index in [0.717, 1.165) is 5.56 Å². The molecule has 1 heterocycles. The minimum Gasteiger partial charge on any atom is -0.343 e. The van der Waals surface area contributed by atoms with Crippen molar-refractivity contribution in [1.29, 1.82) is 0 Å². The van der Waals surface area contributed by atoms with E-state index in [1.165, 1.54) is 19.1 Å². The van der Waals surface area contributed by atoms with Gasteiger partial charge in [0.15, 0.2) is 5.78 Å². The molecule has 0 aliphatic heterocycles. The van der Waals surface area contributed by atoms with Gasteiger partial charge in [-0.1, -0.05) is 17.7 Å². The number of benzene rings is 1. The van der Waals surface area contributed by atoms with Crippen molar-refractivity contribution in [3.8, 4) is 0 Å². The predicted molar refractivity (Wildman–Crippen MR) is 67.4 cm³/mol. The van der Waals surface area contributed by atoms with Crippen LogP contribution in [0.2, 0.25) is 0 Å². The zero-order valence-corrected chi connectivity index (χ0v) is 10.9. The Kier molecular flexibility index (Phi) is 3.09. The molecular weight excluding hydrogens is 250 g/mol. The van der Waals surface area contributed by atoms with Gasteiger partial charge in [-0.25, -0.2) is 8.42 Å². The van der Waals surface area contributed by atoms with E-state index in [1.807, 2.05) is 6.92 Å². The van der Waals surface area contributed by atoms with Crippen LogP contribution in [0.1, 0.15) is 23.0 Å². The van der Waals surface area contributed by atoms with Gasteiger partial charge in [-0.3, -0.25) is 4.79 Å². The molecule has 5 heteroatoms. The Morgan fingerprint density at radius 3 is 2.17 bits per heavy atom. The van der Waals surface area contributed by atoms with Crippen LogP contribution in [0.4, 0.5) is 0 Å². The fourth-order valence-corrected chi connectivity index (χ4v) is 2.82. The van der Waals surface area contributed by atoms with Crippen LogP contribution in [0.15, 0.2) is 46.3 Å². The highest BCUT2D eigenvalue weighted by Gasteiger charge is 2.19. The lowest BCUT2D eigenvalue weighted by Gasteiger charge is -2.02. The highest BCUT2D eigenvalue weighted by atomic mass is 32.2. The topological polar surface area (TPSA) is 67.0 Å². The van der Waals surface area contributed by atoms with Crippen LogP contribution in [-0.4, -0.2) is 19.2 Å². The Balaban J connectivity index is 2.47. The Morgan fingerprint density at radius 2 is 1.67 bits per heavy atom. The molecule has 1 aromatic carbocycles. The Hall–Kier alpha value is -1.88. The molecule has 2 aromatic rings. The van der Waals surface area contributed by atoms with E-state index in [0.29, 0.717) is 5.69 Å². The maximum Gasteiger partial charge on any atom is 0.221 e. The maximum atomic E-state index is 12.2. The molecule has 18 heavy (non-hydrogen) atoms. The zero-order chi connectivity index (χ0) is 13.3. The van der Waals surface area contributed by atoms with E-state index in [9.17, 15) is 13.2 Å². The number of carbonyl (C=O) groups is 1. The summed E-state index contributed by atoms with van der Waals surface area (Å²) in [5.41, 5.74) is 1.28. The fraction of sp³-hybridized carbons (Fsp3) is 0.154. The van der Waals surface area contributed by atoms with Crippen molar-refractivity contribution in [3.63, 3.8) is 0 Å². The second-order valence-corrected chi connectivity index (χ2v) is 6.03. The summed E-state index contributed by atoms with van der Waals surface area (Å²) >= 11 is 0. The smallest absolute Gasteiger partial charge is 0.221 e. The van der Waals surface area contributed by atoms with Gasteiger partial charge >= 0.3 is 0 Å². The van der Waals surface area contributed by atoms with Gasteiger partial charge < -0.3 is 4.98 Å². The van der Waals surface area contributed by atoms with Crippen molar-refractivity contribution >= 4 is 15.6 Å². The summed E-state index contributed by atoms with van der Waals surface area (Å²) in [6.45, 7) is 3.27. The second-order valence-electron chi connectivity index (χ2n) is 4.11. The molecule has 2 rings (SSSR count). The van der Waals surface area contributed by atoms with Crippen molar-refractivity contribution in [2.24, 2.45) is 0 Å². The Bertz CT molecular complexity index is 681. The first-order valence-electron chi connectivity index (χ1n) is 5.43. The fourth-order valence-electron chi connectivity index (χ4n) is 1.58. The maximum absolute atomic E-state index is 12.2. The second kappa shape index (κ2) is 4.42. The van der Waals surface area contributed by atoms with E-state index in [2.05, 4.69) is 4.98 Å². The summed E-state index contributed by atoms with van der Waals surface area (Å²) in [7, 11) is -3.58. The van der Waals surface area contributed by atoms with Gasteiger partial charge in [-0.15, -0.1) is 0 Å². The first kappa shape index (κ1) is 12.6. The number of aromatic nitrogens is 1. The lowest BCUT2D eigenvalue weighted by molar-refractivity contribution is 0.101. The van der Waals surface area contributed by atoms with Gasteiger partial charge in [0, 0.05) is 6.92 Å². The van der Waals surface area contributed by atoms with Crippen LogP contribution in [0.5, 0.6) is 0 Å². The molecule has 94 valence electrons. The third-order valence-corrected chi connectivity index (χ3v) is 4.37. The monoisotopic (exact) mass is 263 g/mol. The van der Waals surface area contributed by atoms with Crippen LogP contribution in [0, 0.1) is 6.92 Å². The third kappa shape index (κ3) is 2.22. The Labute approximate surface area is 106 Å². The number of nitrogens with one attached hydrogen (secondary N) is 1. The third-order valence-electron chi connectivity index (χ3n) is 2.66. The number of carbonyl (C=O) groups excluding carboxylic acids is 1. The number of hydrogen-bond acceptors (Lipinski definition) is 3. The van der Waals surface area contributed by atoms with E-state index in [4.69, 9.17) is 0 Å². The van der Waals surface area contributed by atoms with Gasteiger partial charge in [0.1, 0.15) is 5.03 Å². The zero-order valence-electron chi connectivity index (χ0n) is 10.1. The minimum absolute atomic E-state index is 0.0385. The first-order chi connectivity index (χ1) is 8.41. The quantitative estimate of drug-likeness (QED) is 0.864. The van der Waals surface area contributed by atoms with Crippen molar-refractivity contribution < 1.29 is 13.2 Å². The minimum atomic E-state index is -3.58. The molecule has 0 aliphatic rings. The summed E-state index contributed by atoms with van der Waals surface area (Å²) in [5.74, 6) is -0.194. The number of aromatic amines is 1. The SMILES string of the molecule is CC(=O)c1ccc(S(=O)(=O)c2ccc(C)cc2)[nH]1. The van der Waals surface area contributed by atoms with Gasteiger partial charge in [0.25, 0.3) is 0 Å². The van der Waals surface area contributed by atoms with Crippen molar-refractivity contribution in [2.75, 3.05) is 0 Å². The van der Waals surface area contributed by atoms with E-state index in [1.54, 1.807) is 24.3 Å². The molecule has 0 fully saturated rings. The summed E-state index contributed by atoms with van der Waals surface area (Å²) in [5, 5.41) is 0.0385. The summed E-state index contributed by atoms with van der Waals surface area (Å²) in [6.07, 6.45) is 0. The number of ketones is 1. The molecule has 1 aromatic heterocycles. The van der Waals surface area contributed by atoms with E-state index >= 15 is 0 Å².